The number of hydrogen-bond donors (Lipinski definition) is 0. The standard InChI is InChI=1S/C23H25FN2/c1-17-3-5-18(6-4-17)19-9-13-26(14-10-19)21-8-7-20(16-25)22(15-21)23(24)11-2-12-23/h3-8,15,19H,2,9-14H2,1H3. The number of nitrogens with zero attached hydrogens (tertiary/aromatic N) is 2. The van der Waals surface area contributed by atoms with Gasteiger partial charge in [0.05, 0.1) is 11.6 Å². The molecule has 2 aromatic carbocycles. The molecule has 3 heteroatoms. The number of halogens is 1. The van der Waals surface area contributed by atoms with Crippen molar-refractivity contribution in [2.45, 2.75) is 50.6 Å². The van der Waals surface area contributed by atoms with E-state index in [1.807, 2.05) is 12.1 Å². The number of piperidine rings is 1. The molecule has 2 nitrogen and oxygen atoms in total. The van der Waals surface area contributed by atoms with E-state index < -0.39 is 5.67 Å². The van der Waals surface area contributed by atoms with Crippen LogP contribution in [0, 0.1) is 18.3 Å². The molecule has 0 amide bonds. The highest BCUT2D eigenvalue weighted by Gasteiger charge is 2.41. The van der Waals surface area contributed by atoms with Crippen LogP contribution in [0.5, 0.6) is 0 Å². The minimum Gasteiger partial charge on any atom is -0.371 e. The van der Waals surface area contributed by atoms with Gasteiger partial charge in [0, 0.05) is 24.3 Å². The second-order valence-electron chi connectivity index (χ2n) is 7.83. The molecular formula is C23H25FN2. The Morgan fingerprint density at radius 1 is 1.08 bits per heavy atom. The van der Waals surface area contributed by atoms with E-state index in [9.17, 15) is 9.65 Å². The average molecular weight is 348 g/mol. The first-order chi connectivity index (χ1) is 12.6. The molecular weight excluding hydrogens is 323 g/mol. The first-order valence-electron chi connectivity index (χ1n) is 9.64. The molecule has 0 aromatic heterocycles. The normalized spacial score (nSPS) is 19.7. The molecule has 134 valence electrons. The van der Waals surface area contributed by atoms with E-state index in [2.05, 4.69) is 42.2 Å². The van der Waals surface area contributed by atoms with Crippen LogP contribution in [-0.4, -0.2) is 13.1 Å². The minimum atomic E-state index is -1.29. The quantitative estimate of drug-likeness (QED) is 0.722. The van der Waals surface area contributed by atoms with Crippen LogP contribution in [0.1, 0.15) is 60.3 Å². The largest absolute Gasteiger partial charge is 0.371 e. The van der Waals surface area contributed by atoms with E-state index in [0.29, 0.717) is 29.9 Å². The molecule has 2 aliphatic rings. The maximum atomic E-state index is 15.0. The van der Waals surface area contributed by atoms with Gasteiger partial charge in [-0.05, 0) is 68.7 Å². The van der Waals surface area contributed by atoms with Gasteiger partial charge in [0.1, 0.15) is 5.67 Å². The van der Waals surface area contributed by atoms with E-state index >= 15 is 0 Å². The van der Waals surface area contributed by atoms with Gasteiger partial charge in [-0.1, -0.05) is 29.8 Å². The summed E-state index contributed by atoms with van der Waals surface area (Å²) in [5.74, 6) is 0.601. The predicted octanol–water partition coefficient (Wildman–Crippen LogP) is 5.60. The summed E-state index contributed by atoms with van der Waals surface area (Å²) >= 11 is 0. The van der Waals surface area contributed by atoms with Crippen molar-refractivity contribution in [3.05, 3.63) is 64.7 Å². The predicted molar refractivity (Wildman–Crippen MR) is 103 cm³/mol. The van der Waals surface area contributed by atoms with Crippen LogP contribution in [0.15, 0.2) is 42.5 Å². The SMILES string of the molecule is Cc1ccc(C2CCN(c3ccc(C#N)c(C4(F)CCC4)c3)CC2)cc1. The lowest BCUT2D eigenvalue weighted by molar-refractivity contribution is 0.0606. The van der Waals surface area contributed by atoms with Crippen molar-refractivity contribution < 1.29 is 4.39 Å². The number of alkyl halides is 1. The zero-order chi connectivity index (χ0) is 18.1. The maximum absolute atomic E-state index is 15.0. The fourth-order valence-electron chi connectivity index (χ4n) is 4.26. The number of hydrogen-bond acceptors (Lipinski definition) is 2. The third-order valence-electron chi connectivity index (χ3n) is 6.16. The summed E-state index contributed by atoms with van der Waals surface area (Å²) in [6, 6.07) is 16.8. The number of anilines is 1. The van der Waals surface area contributed by atoms with Crippen LogP contribution in [0.2, 0.25) is 0 Å². The average Bonchev–Trinajstić information content (AvgIpc) is 2.66. The van der Waals surface area contributed by atoms with Gasteiger partial charge < -0.3 is 4.90 Å². The van der Waals surface area contributed by atoms with Crippen molar-refractivity contribution >= 4 is 5.69 Å². The smallest absolute Gasteiger partial charge is 0.137 e. The fraction of sp³-hybridized carbons (Fsp3) is 0.435. The summed E-state index contributed by atoms with van der Waals surface area (Å²) in [5, 5.41) is 9.35. The van der Waals surface area contributed by atoms with Crippen molar-refractivity contribution in [1.82, 2.24) is 0 Å². The first kappa shape index (κ1) is 17.1. The lowest BCUT2D eigenvalue weighted by Crippen LogP contribution is -2.34. The van der Waals surface area contributed by atoms with Crippen molar-refractivity contribution in [3.8, 4) is 6.07 Å². The molecule has 1 aliphatic heterocycles. The second kappa shape index (κ2) is 6.76. The third kappa shape index (κ3) is 3.09. The molecule has 2 aromatic rings. The van der Waals surface area contributed by atoms with Crippen LogP contribution < -0.4 is 4.90 Å². The summed E-state index contributed by atoms with van der Waals surface area (Å²) in [6.45, 7) is 4.07. The van der Waals surface area contributed by atoms with Crippen molar-refractivity contribution in [1.29, 1.82) is 5.26 Å². The minimum absolute atomic E-state index is 0.491. The lowest BCUT2D eigenvalue weighted by Gasteiger charge is -2.37. The van der Waals surface area contributed by atoms with Gasteiger partial charge >= 0.3 is 0 Å². The number of aryl methyl sites for hydroxylation is 1. The molecule has 0 spiro atoms. The molecule has 0 unspecified atom stereocenters. The summed E-state index contributed by atoms with van der Waals surface area (Å²) in [7, 11) is 0. The van der Waals surface area contributed by atoms with E-state index in [0.717, 1.165) is 38.0 Å². The monoisotopic (exact) mass is 348 g/mol. The Balaban J connectivity index is 1.50. The highest BCUT2D eigenvalue weighted by Crippen LogP contribution is 2.47. The van der Waals surface area contributed by atoms with Crippen molar-refractivity contribution in [3.63, 3.8) is 0 Å². The van der Waals surface area contributed by atoms with Crippen LogP contribution in [0.3, 0.4) is 0 Å². The number of benzene rings is 2. The van der Waals surface area contributed by atoms with Gasteiger partial charge in [0.25, 0.3) is 0 Å². The molecule has 26 heavy (non-hydrogen) atoms. The van der Waals surface area contributed by atoms with Gasteiger partial charge in [0.2, 0.25) is 0 Å². The number of nitriles is 1. The van der Waals surface area contributed by atoms with Gasteiger partial charge in [-0.25, -0.2) is 4.39 Å². The molecule has 0 radical (unpaired) electrons. The summed E-state index contributed by atoms with van der Waals surface area (Å²) < 4.78 is 15.0. The van der Waals surface area contributed by atoms with Gasteiger partial charge in [-0.2, -0.15) is 5.26 Å². The zero-order valence-corrected chi connectivity index (χ0v) is 15.3. The van der Waals surface area contributed by atoms with Crippen molar-refractivity contribution in [2.24, 2.45) is 0 Å². The Labute approximate surface area is 155 Å². The van der Waals surface area contributed by atoms with Crippen LogP contribution in [0.4, 0.5) is 10.1 Å². The summed E-state index contributed by atoms with van der Waals surface area (Å²) in [4.78, 5) is 2.34. The maximum Gasteiger partial charge on any atom is 0.137 e. The molecule has 1 aliphatic carbocycles. The van der Waals surface area contributed by atoms with Gasteiger partial charge in [-0.3, -0.25) is 0 Å². The second-order valence-corrected chi connectivity index (χ2v) is 7.83. The van der Waals surface area contributed by atoms with Crippen molar-refractivity contribution in [2.75, 3.05) is 18.0 Å². The third-order valence-corrected chi connectivity index (χ3v) is 6.16. The Morgan fingerprint density at radius 3 is 2.35 bits per heavy atom. The van der Waals surface area contributed by atoms with Crippen LogP contribution in [-0.2, 0) is 5.67 Å². The lowest BCUT2D eigenvalue weighted by atomic mass is 9.75. The molecule has 0 atom stereocenters. The highest BCUT2D eigenvalue weighted by molar-refractivity contribution is 5.56. The van der Waals surface area contributed by atoms with Gasteiger partial charge in [-0.15, -0.1) is 0 Å². The Morgan fingerprint density at radius 2 is 1.77 bits per heavy atom. The van der Waals surface area contributed by atoms with E-state index in [1.165, 1.54) is 11.1 Å². The van der Waals surface area contributed by atoms with E-state index in [1.54, 1.807) is 6.07 Å². The Bertz CT molecular complexity index is 822. The molecule has 1 heterocycles. The molecule has 0 bridgehead atoms. The molecule has 1 saturated heterocycles. The zero-order valence-electron chi connectivity index (χ0n) is 15.3. The molecule has 1 saturated carbocycles. The molecule has 4 rings (SSSR count). The fourth-order valence-corrected chi connectivity index (χ4v) is 4.26. The molecule has 0 N–H and O–H groups in total. The number of rotatable bonds is 3. The topological polar surface area (TPSA) is 27.0 Å². The first-order valence-corrected chi connectivity index (χ1v) is 9.64. The van der Waals surface area contributed by atoms with E-state index in [-0.39, 0.29) is 0 Å². The molecule has 2 fully saturated rings. The van der Waals surface area contributed by atoms with Crippen LogP contribution >= 0.6 is 0 Å². The Hall–Kier alpha value is -2.34. The summed E-state index contributed by atoms with van der Waals surface area (Å²) in [5.41, 5.74) is 3.59. The summed E-state index contributed by atoms with van der Waals surface area (Å²) in [6.07, 6.45) is 4.22. The Kier molecular flexibility index (Phi) is 4.44. The van der Waals surface area contributed by atoms with Crippen LogP contribution in [0.25, 0.3) is 0 Å². The highest BCUT2D eigenvalue weighted by atomic mass is 19.1. The van der Waals surface area contributed by atoms with E-state index in [4.69, 9.17) is 0 Å². The van der Waals surface area contributed by atoms with Gasteiger partial charge in [0.15, 0.2) is 0 Å².